The van der Waals surface area contributed by atoms with Gasteiger partial charge in [-0.15, -0.1) is 0 Å². The summed E-state index contributed by atoms with van der Waals surface area (Å²) in [6.07, 6.45) is 3.94. The summed E-state index contributed by atoms with van der Waals surface area (Å²) in [5.74, 6) is 0. The van der Waals surface area contributed by atoms with Crippen LogP contribution in [-0.2, 0) is 0 Å². The molecule has 0 amide bonds. The highest BCUT2D eigenvalue weighted by Crippen LogP contribution is 2.45. The number of hydrogen-bond acceptors (Lipinski definition) is 2. The van der Waals surface area contributed by atoms with Crippen molar-refractivity contribution in [1.82, 2.24) is 10.6 Å². The maximum absolute atomic E-state index is 3.61. The van der Waals surface area contributed by atoms with Crippen LogP contribution in [0.4, 0.5) is 0 Å². The fourth-order valence-electron chi connectivity index (χ4n) is 3.42. The maximum atomic E-state index is 3.61. The van der Waals surface area contributed by atoms with Crippen molar-refractivity contribution < 1.29 is 0 Å². The van der Waals surface area contributed by atoms with Gasteiger partial charge in [0.1, 0.15) is 0 Å². The molecule has 2 unspecified atom stereocenters. The average molecular weight is 226 g/mol. The third-order valence-electron chi connectivity index (χ3n) is 3.79. The van der Waals surface area contributed by atoms with Crippen LogP contribution in [0.5, 0.6) is 0 Å². The Morgan fingerprint density at radius 1 is 1.19 bits per heavy atom. The van der Waals surface area contributed by atoms with Crippen molar-refractivity contribution in [1.29, 1.82) is 0 Å². The third kappa shape index (κ3) is 4.06. The van der Waals surface area contributed by atoms with Gasteiger partial charge in [0.15, 0.2) is 0 Å². The number of nitrogens with one attached hydrogen (secondary N) is 2. The molecule has 0 saturated heterocycles. The molecule has 96 valence electrons. The Kier molecular flexibility index (Phi) is 4.42. The highest BCUT2D eigenvalue weighted by atomic mass is 14.9. The molecule has 1 fully saturated rings. The Hall–Kier alpha value is -0.0800. The normalized spacial score (nSPS) is 34.3. The maximum Gasteiger partial charge on any atom is 0.00748 e. The van der Waals surface area contributed by atoms with Gasteiger partial charge in [0.25, 0.3) is 0 Å². The zero-order valence-corrected chi connectivity index (χ0v) is 12.0. The Balaban J connectivity index is 2.63. The molecular weight excluding hydrogens is 196 g/mol. The Morgan fingerprint density at radius 2 is 1.81 bits per heavy atom. The summed E-state index contributed by atoms with van der Waals surface area (Å²) in [6, 6.07) is 1.28. The van der Waals surface area contributed by atoms with E-state index in [4.69, 9.17) is 0 Å². The fourth-order valence-corrected chi connectivity index (χ4v) is 3.42. The van der Waals surface area contributed by atoms with E-state index < -0.39 is 0 Å². The Bertz CT molecular complexity index is 223. The van der Waals surface area contributed by atoms with E-state index >= 15 is 0 Å². The standard InChI is InChI=1S/C14H30N2/c1-11(2)16-10-14(5)8-12(15-6)7-13(3,4)9-14/h11-12,15-16H,7-10H2,1-6H3. The molecule has 2 N–H and O–H groups in total. The van der Waals surface area contributed by atoms with Crippen molar-refractivity contribution in [3.8, 4) is 0 Å². The first-order valence-corrected chi connectivity index (χ1v) is 6.67. The predicted molar refractivity (Wildman–Crippen MR) is 71.7 cm³/mol. The van der Waals surface area contributed by atoms with Crippen molar-refractivity contribution in [2.24, 2.45) is 10.8 Å². The highest BCUT2D eigenvalue weighted by molar-refractivity contribution is 4.95. The van der Waals surface area contributed by atoms with E-state index in [1.165, 1.54) is 19.3 Å². The lowest BCUT2D eigenvalue weighted by Gasteiger charge is -2.47. The van der Waals surface area contributed by atoms with E-state index in [1.807, 2.05) is 0 Å². The number of rotatable bonds is 4. The molecule has 0 radical (unpaired) electrons. The molecule has 0 aliphatic heterocycles. The first-order valence-electron chi connectivity index (χ1n) is 6.67. The third-order valence-corrected chi connectivity index (χ3v) is 3.79. The molecule has 0 aromatic carbocycles. The minimum absolute atomic E-state index is 0.444. The summed E-state index contributed by atoms with van der Waals surface area (Å²) in [7, 11) is 2.10. The van der Waals surface area contributed by atoms with Gasteiger partial charge in [-0.3, -0.25) is 0 Å². The van der Waals surface area contributed by atoms with Gasteiger partial charge in [-0.05, 0) is 37.1 Å². The summed E-state index contributed by atoms with van der Waals surface area (Å²) in [6.45, 7) is 12.9. The molecule has 0 spiro atoms. The van der Waals surface area contributed by atoms with Gasteiger partial charge in [-0.25, -0.2) is 0 Å². The fraction of sp³-hybridized carbons (Fsp3) is 1.00. The molecule has 2 nitrogen and oxygen atoms in total. The highest BCUT2D eigenvalue weighted by Gasteiger charge is 2.40. The first kappa shape index (κ1) is 14.0. The lowest BCUT2D eigenvalue weighted by molar-refractivity contribution is 0.0714. The molecule has 2 heteroatoms. The van der Waals surface area contributed by atoms with Gasteiger partial charge in [-0.2, -0.15) is 0 Å². The Morgan fingerprint density at radius 3 is 2.31 bits per heavy atom. The first-order chi connectivity index (χ1) is 7.26. The van der Waals surface area contributed by atoms with Crippen molar-refractivity contribution in [2.75, 3.05) is 13.6 Å². The van der Waals surface area contributed by atoms with E-state index in [-0.39, 0.29) is 0 Å². The molecule has 0 aromatic heterocycles. The van der Waals surface area contributed by atoms with Crippen molar-refractivity contribution in [3.63, 3.8) is 0 Å². The van der Waals surface area contributed by atoms with Gasteiger partial charge >= 0.3 is 0 Å². The second kappa shape index (κ2) is 5.05. The van der Waals surface area contributed by atoms with Crippen molar-refractivity contribution in [3.05, 3.63) is 0 Å². The van der Waals surface area contributed by atoms with Crippen LogP contribution < -0.4 is 10.6 Å². The Labute approximate surface area is 102 Å². The minimum Gasteiger partial charge on any atom is -0.317 e. The van der Waals surface area contributed by atoms with Crippen LogP contribution in [-0.4, -0.2) is 25.7 Å². The van der Waals surface area contributed by atoms with Gasteiger partial charge in [0.05, 0.1) is 0 Å². The summed E-state index contributed by atoms with van der Waals surface area (Å²) in [4.78, 5) is 0. The minimum atomic E-state index is 0.444. The van der Waals surface area contributed by atoms with Gasteiger partial charge in [0, 0.05) is 18.6 Å². The van der Waals surface area contributed by atoms with Gasteiger partial charge in [-0.1, -0.05) is 34.6 Å². The second-order valence-corrected chi connectivity index (χ2v) is 7.08. The van der Waals surface area contributed by atoms with E-state index in [0.29, 0.717) is 22.9 Å². The lowest BCUT2D eigenvalue weighted by atomic mass is 9.62. The molecule has 1 aliphatic rings. The van der Waals surface area contributed by atoms with Gasteiger partial charge < -0.3 is 10.6 Å². The SMILES string of the molecule is CNC1CC(C)(C)CC(C)(CNC(C)C)C1. The molecule has 0 heterocycles. The van der Waals surface area contributed by atoms with Crippen LogP contribution in [0, 0.1) is 10.8 Å². The molecular formula is C14H30N2. The quantitative estimate of drug-likeness (QED) is 0.770. The summed E-state index contributed by atoms with van der Waals surface area (Å²) < 4.78 is 0. The summed E-state index contributed by atoms with van der Waals surface area (Å²) >= 11 is 0. The van der Waals surface area contributed by atoms with Crippen LogP contribution >= 0.6 is 0 Å². The second-order valence-electron chi connectivity index (χ2n) is 7.08. The van der Waals surface area contributed by atoms with E-state index in [1.54, 1.807) is 0 Å². The van der Waals surface area contributed by atoms with Crippen LogP contribution in [0.15, 0.2) is 0 Å². The largest absolute Gasteiger partial charge is 0.317 e. The molecule has 1 aliphatic carbocycles. The molecule has 2 atom stereocenters. The smallest absolute Gasteiger partial charge is 0.00748 e. The van der Waals surface area contributed by atoms with E-state index in [2.05, 4.69) is 52.3 Å². The van der Waals surface area contributed by atoms with Crippen LogP contribution in [0.25, 0.3) is 0 Å². The zero-order chi connectivity index (χ0) is 12.4. The summed E-state index contributed by atoms with van der Waals surface area (Å²) in [5.41, 5.74) is 0.916. The van der Waals surface area contributed by atoms with Crippen molar-refractivity contribution in [2.45, 2.75) is 66.0 Å². The lowest BCUT2D eigenvalue weighted by Crippen LogP contribution is -2.48. The molecule has 0 bridgehead atoms. The topological polar surface area (TPSA) is 24.1 Å². The van der Waals surface area contributed by atoms with Crippen LogP contribution in [0.3, 0.4) is 0 Å². The predicted octanol–water partition coefficient (Wildman–Crippen LogP) is 2.79. The zero-order valence-electron chi connectivity index (χ0n) is 12.0. The van der Waals surface area contributed by atoms with E-state index in [9.17, 15) is 0 Å². The summed E-state index contributed by atoms with van der Waals surface area (Å²) in [5, 5.41) is 7.08. The monoisotopic (exact) mass is 226 g/mol. The molecule has 0 aromatic rings. The molecule has 1 rings (SSSR count). The van der Waals surface area contributed by atoms with Crippen LogP contribution in [0.1, 0.15) is 53.9 Å². The van der Waals surface area contributed by atoms with Crippen LogP contribution in [0.2, 0.25) is 0 Å². The van der Waals surface area contributed by atoms with E-state index in [0.717, 1.165) is 6.54 Å². The molecule has 1 saturated carbocycles. The number of hydrogen-bond donors (Lipinski definition) is 2. The van der Waals surface area contributed by atoms with Crippen molar-refractivity contribution >= 4 is 0 Å². The molecule has 16 heavy (non-hydrogen) atoms. The average Bonchev–Trinajstić information content (AvgIpc) is 2.12. The van der Waals surface area contributed by atoms with Gasteiger partial charge in [0.2, 0.25) is 0 Å².